The van der Waals surface area contributed by atoms with Crippen LogP contribution in [0.2, 0.25) is 0 Å². The molecule has 0 aliphatic rings. The summed E-state index contributed by atoms with van der Waals surface area (Å²) in [6.45, 7) is 4.95. The van der Waals surface area contributed by atoms with Crippen LogP contribution in [0, 0.1) is 5.92 Å². The zero-order valence-electron chi connectivity index (χ0n) is 13.0. The molecule has 0 aromatic heterocycles. The van der Waals surface area contributed by atoms with Crippen LogP contribution in [0.3, 0.4) is 0 Å². The van der Waals surface area contributed by atoms with E-state index in [9.17, 15) is 0 Å². The molecule has 112 valence electrons. The van der Waals surface area contributed by atoms with Gasteiger partial charge in [0.1, 0.15) is 0 Å². The molecule has 1 N–H and O–H groups in total. The highest BCUT2D eigenvalue weighted by Gasteiger charge is 2.20. The minimum Gasteiger partial charge on any atom is -0.383 e. The Kier molecular flexibility index (Phi) is 6.45. The van der Waals surface area contributed by atoms with Crippen LogP contribution < -0.4 is 5.32 Å². The molecule has 0 heterocycles. The van der Waals surface area contributed by atoms with Gasteiger partial charge in [0, 0.05) is 19.6 Å². The Morgan fingerprint density at radius 2 is 1.43 bits per heavy atom. The fourth-order valence-electron chi connectivity index (χ4n) is 2.79. The summed E-state index contributed by atoms with van der Waals surface area (Å²) in [4.78, 5) is 0. The lowest BCUT2D eigenvalue weighted by Gasteiger charge is -2.25. The van der Waals surface area contributed by atoms with E-state index >= 15 is 0 Å². The second-order valence-corrected chi connectivity index (χ2v) is 5.47. The number of benzene rings is 2. The highest BCUT2D eigenvalue weighted by atomic mass is 16.5. The minimum atomic E-state index is 0.419. The van der Waals surface area contributed by atoms with E-state index in [4.69, 9.17) is 4.74 Å². The number of rotatable bonds is 8. The summed E-state index contributed by atoms with van der Waals surface area (Å²) >= 11 is 0. The molecule has 0 aliphatic heterocycles. The Hall–Kier alpha value is -1.64. The number of methoxy groups -OCH3 is 1. The number of hydrogen-bond acceptors (Lipinski definition) is 2. The summed E-state index contributed by atoms with van der Waals surface area (Å²) in [6, 6.07) is 21.5. The van der Waals surface area contributed by atoms with Gasteiger partial charge in [0.2, 0.25) is 0 Å². The molecular formula is C19H25NO. The first-order chi connectivity index (χ1) is 10.3. The number of nitrogens with one attached hydrogen (secondary N) is 1. The lowest BCUT2D eigenvalue weighted by molar-refractivity contribution is 0.197. The Labute approximate surface area is 128 Å². The Morgan fingerprint density at radius 1 is 0.905 bits per heavy atom. The van der Waals surface area contributed by atoms with Gasteiger partial charge in [0.15, 0.2) is 0 Å². The van der Waals surface area contributed by atoms with Gasteiger partial charge >= 0.3 is 0 Å². The Balaban J connectivity index is 2.13. The topological polar surface area (TPSA) is 21.3 Å². The maximum absolute atomic E-state index is 5.09. The first kappa shape index (κ1) is 15.7. The highest BCUT2D eigenvalue weighted by molar-refractivity contribution is 5.33. The fraction of sp³-hybridized carbons (Fsp3) is 0.368. The average Bonchev–Trinajstić information content (AvgIpc) is 2.54. The van der Waals surface area contributed by atoms with E-state index in [2.05, 4.69) is 72.9 Å². The van der Waals surface area contributed by atoms with Crippen molar-refractivity contribution in [3.05, 3.63) is 71.8 Å². The van der Waals surface area contributed by atoms with E-state index in [-0.39, 0.29) is 0 Å². The smallest absolute Gasteiger partial charge is 0.0587 e. The summed E-state index contributed by atoms with van der Waals surface area (Å²) in [6.07, 6.45) is 0. The van der Waals surface area contributed by atoms with Gasteiger partial charge in [-0.25, -0.2) is 0 Å². The van der Waals surface area contributed by atoms with Gasteiger partial charge in [-0.05, 0) is 23.6 Å². The molecule has 0 saturated carbocycles. The van der Waals surface area contributed by atoms with Crippen molar-refractivity contribution in [1.29, 1.82) is 0 Å². The van der Waals surface area contributed by atoms with Crippen molar-refractivity contribution in [2.24, 2.45) is 5.92 Å². The van der Waals surface area contributed by atoms with Crippen molar-refractivity contribution in [1.82, 2.24) is 5.32 Å². The molecule has 0 aliphatic carbocycles. The SMILES string of the molecule is COCCNCC(C)C(c1ccccc1)c1ccccc1. The third-order valence-corrected chi connectivity index (χ3v) is 3.84. The summed E-state index contributed by atoms with van der Waals surface area (Å²) in [5.41, 5.74) is 2.76. The molecule has 0 saturated heterocycles. The summed E-state index contributed by atoms with van der Waals surface area (Å²) in [5.74, 6) is 0.939. The van der Waals surface area contributed by atoms with Gasteiger partial charge in [-0.2, -0.15) is 0 Å². The summed E-state index contributed by atoms with van der Waals surface area (Å²) in [5, 5.41) is 3.48. The van der Waals surface area contributed by atoms with Gasteiger partial charge in [-0.3, -0.25) is 0 Å². The average molecular weight is 283 g/mol. The molecule has 0 radical (unpaired) electrons. The second-order valence-electron chi connectivity index (χ2n) is 5.47. The fourth-order valence-corrected chi connectivity index (χ4v) is 2.79. The zero-order valence-corrected chi connectivity index (χ0v) is 13.0. The lowest BCUT2D eigenvalue weighted by Crippen LogP contribution is -2.28. The van der Waals surface area contributed by atoms with E-state index in [0.717, 1.165) is 19.7 Å². The van der Waals surface area contributed by atoms with Gasteiger partial charge in [0.25, 0.3) is 0 Å². The normalized spacial score (nSPS) is 12.5. The van der Waals surface area contributed by atoms with E-state index < -0.39 is 0 Å². The van der Waals surface area contributed by atoms with Crippen LogP contribution in [-0.2, 0) is 4.74 Å². The van der Waals surface area contributed by atoms with Crippen molar-refractivity contribution < 1.29 is 4.74 Å². The maximum atomic E-state index is 5.09. The van der Waals surface area contributed by atoms with Gasteiger partial charge < -0.3 is 10.1 Å². The molecule has 2 nitrogen and oxygen atoms in total. The van der Waals surface area contributed by atoms with E-state index in [1.54, 1.807) is 7.11 Å². The van der Waals surface area contributed by atoms with Crippen LogP contribution in [0.1, 0.15) is 24.0 Å². The first-order valence-electron chi connectivity index (χ1n) is 7.62. The van der Waals surface area contributed by atoms with Crippen LogP contribution in [0.25, 0.3) is 0 Å². The Bertz CT molecular complexity index is 458. The third-order valence-electron chi connectivity index (χ3n) is 3.84. The van der Waals surface area contributed by atoms with Crippen molar-refractivity contribution in [2.75, 3.05) is 26.8 Å². The van der Waals surface area contributed by atoms with Crippen LogP contribution in [0.4, 0.5) is 0 Å². The first-order valence-corrected chi connectivity index (χ1v) is 7.62. The van der Waals surface area contributed by atoms with Gasteiger partial charge in [-0.1, -0.05) is 67.6 Å². The second kappa shape index (κ2) is 8.60. The monoisotopic (exact) mass is 283 g/mol. The predicted molar refractivity (Wildman–Crippen MR) is 88.6 cm³/mol. The van der Waals surface area contributed by atoms with Crippen molar-refractivity contribution in [3.8, 4) is 0 Å². The van der Waals surface area contributed by atoms with Crippen LogP contribution in [0.5, 0.6) is 0 Å². The molecule has 2 rings (SSSR count). The van der Waals surface area contributed by atoms with Crippen LogP contribution in [0.15, 0.2) is 60.7 Å². The van der Waals surface area contributed by atoms with Gasteiger partial charge in [0.05, 0.1) is 6.61 Å². The molecule has 2 aromatic carbocycles. The highest BCUT2D eigenvalue weighted by Crippen LogP contribution is 2.31. The molecule has 1 unspecified atom stereocenters. The van der Waals surface area contributed by atoms with Crippen molar-refractivity contribution >= 4 is 0 Å². The molecule has 21 heavy (non-hydrogen) atoms. The minimum absolute atomic E-state index is 0.419. The maximum Gasteiger partial charge on any atom is 0.0587 e. The standard InChI is InChI=1S/C19H25NO/c1-16(15-20-13-14-21-2)19(17-9-5-3-6-10-17)18-11-7-4-8-12-18/h3-12,16,19-20H,13-15H2,1-2H3. The Morgan fingerprint density at radius 3 is 1.90 bits per heavy atom. The van der Waals surface area contributed by atoms with Crippen molar-refractivity contribution in [2.45, 2.75) is 12.8 Å². The lowest BCUT2D eigenvalue weighted by atomic mass is 9.81. The molecule has 0 amide bonds. The molecule has 2 heteroatoms. The van der Waals surface area contributed by atoms with Gasteiger partial charge in [-0.15, -0.1) is 0 Å². The zero-order chi connectivity index (χ0) is 14.9. The predicted octanol–water partition coefficient (Wildman–Crippen LogP) is 3.69. The molecular weight excluding hydrogens is 258 g/mol. The largest absolute Gasteiger partial charge is 0.383 e. The third kappa shape index (κ3) is 4.69. The van der Waals surface area contributed by atoms with E-state index in [1.165, 1.54) is 11.1 Å². The summed E-state index contributed by atoms with van der Waals surface area (Å²) < 4.78 is 5.09. The molecule has 2 aromatic rings. The molecule has 0 fully saturated rings. The quantitative estimate of drug-likeness (QED) is 0.746. The van der Waals surface area contributed by atoms with E-state index in [0.29, 0.717) is 11.8 Å². The molecule has 1 atom stereocenters. The molecule has 0 bridgehead atoms. The van der Waals surface area contributed by atoms with Crippen LogP contribution >= 0.6 is 0 Å². The number of hydrogen-bond donors (Lipinski definition) is 1. The number of ether oxygens (including phenoxy) is 1. The van der Waals surface area contributed by atoms with Crippen LogP contribution in [-0.4, -0.2) is 26.8 Å². The van der Waals surface area contributed by atoms with E-state index in [1.807, 2.05) is 0 Å². The van der Waals surface area contributed by atoms with Crippen molar-refractivity contribution in [3.63, 3.8) is 0 Å². The molecule has 0 spiro atoms. The summed E-state index contributed by atoms with van der Waals surface area (Å²) in [7, 11) is 1.74.